The molecule has 3 aromatic rings. The predicted molar refractivity (Wildman–Crippen MR) is 112 cm³/mol. The molecule has 1 atom stereocenters. The van der Waals surface area contributed by atoms with E-state index in [-0.39, 0.29) is 11.9 Å². The highest BCUT2D eigenvalue weighted by molar-refractivity contribution is 7.22. The predicted octanol–water partition coefficient (Wildman–Crippen LogP) is 5.63. The number of carbonyl (C=O) groups excluding carboxylic acids is 1. The number of thiophene rings is 1. The summed E-state index contributed by atoms with van der Waals surface area (Å²) in [5, 5.41) is 2.95. The summed E-state index contributed by atoms with van der Waals surface area (Å²) in [6.07, 6.45) is 2.37. The van der Waals surface area contributed by atoms with Gasteiger partial charge in [0.15, 0.2) is 0 Å². The summed E-state index contributed by atoms with van der Waals surface area (Å²) in [5.41, 5.74) is 1.71. The summed E-state index contributed by atoms with van der Waals surface area (Å²) in [7, 11) is 1.65. The molecular formula is C21H22N2O2S2. The van der Waals surface area contributed by atoms with Crippen molar-refractivity contribution in [1.82, 2.24) is 4.98 Å². The van der Waals surface area contributed by atoms with Crippen LogP contribution in [0.5, 0.6) is 5.75 Å². The number of ether oxygens (including phenoxy) is 1. The Balaban J connectivity index is 1.70. The van der Waals surface area contributed by atoms with Gasteiger partial charge in [-0.2, -0.15) is 0 Å². The van der Waals surface area contributed by atoms with Gasteiger partial charge in [0, 0.05) is 11.7 Å². The van der Waals surface area contributed by atoms with E-state index in [2.05, 4.69) is 11.9 Å². The van der Waals surface area contributed by atoms with Crippen LogP contribution >= 0.6 is 22.7 Å². The van der Waals surface area contributed by atoms with Crippen molar-refractivity contribution in [3.63, 3.8) is 0 Å². The van der Waals surface area contributed by atoms with Gasteiger partial charge in [-0.15, -0.1) is 22.7 Å². The molecule has 1 aliphatic carbocycles. The van der Waals surface area contributed by atoms with Gasteiger partial charge in [-0.05, 0) is 68.3 Å². The number of methoxy groups -OCH3 is 1. The molecule has 0 N–H and O–H groups in total. The van der Waals surface area contributed by atoms with Gasteiger partial charge >= 0.3 is 0 Å². The Hall–Kier alpha value is -2.18. The van der Waals surface area contributed by atoms with Crippen LogP contribution in [0.4, 0.5) is 5.69 Å². The number of thiazole rings is 1. The Morgan fingerprint density at radius 3 is 2.59 bits per heavy atom. The highest BCUT2D eigenvalue weighted by Crippen LogP contribution is 2.39. The Labute approximate surface area is 167 Å². The average molecular weight is 399 g/mol. The van der Waals surface area contributed by atoms with E-state index in [1.54, 1.807) is 18.4 Å². The Bertz CT molecular complexity index is 928. The lowest BCUT2D eigenvalue weighted by Gasteiger charge is -2.29. The van der Waals surface area contributed by atoms with Crippen LogP contribution in [-0.4, -0.2) is 24.0 Å². The fourth-order valence-electron chi connectivity index (χ4n) is 3.28. The highest BCUT2D eigenvalue weighted by atomic mass is 32.1. The molecule has 1 aliphatic rings. The number of aromatic nitrogens is 1. The standard InChI is InChI=1S/C21H22N2O2S2/c1-13-19(27-20(22-13)18-5-4-12-26-18)21(24)23(14(2)15-6-7-15)16-8-10-17(25-3)11-9-16/h4-5,8-12,14-15H,6-7H2,1-3H3. The van der Waals surface area contributed by atoms with Crippen LogP contribution in [-0.2, 0) is 0 Å². The zero-order chi connectivity index (χ0) is 19.0. The van der Waals surface area contributed by atoms with Crippen molar-refractivity contribution in [3.05, 3.63) is 52.3 Å². The Morgan fingerprint density at radius 1 is 1.26 bits per heavy atom. The molecule has 0 radical (unpaired) electrons. The first-order valence-electron chi connectivity index (χ1n) is 9.07. The summed E-state index contributed by atoms with van der Waals surface area (Å²) in [4.78, 5) is 22.0. The number of amides is 1. The number of hydrogen-bond acceptors (Lipinski definition) is 5. The molecule has 2 heterocycles. The first-order valence-corrected chi connectivity index (χ1v) is 10.8. The molecule has 0 bridgehead atoms. The summed E-state index contributed by atoms with van der Waals surface area (Å²) in [6.45, 7) is 4.07. The number of anilines is 1. The number of aryl methyl sites for hydroxylation is 1. The maximum atomic E-state index is 13.5. The molecule has 27 heavy (non-hydrogen) atoms. The number of nitrogens with zero attached hydrogens (tertiary/aromatic N) is 2. The van der Waals surface area contributed by atoms with Crippen LogP contribution in [0.1, 0.15) is 35.1 Å². The number of hydrogen-bond donors (Lipinski definition) is 0. The van der Waals surface area contributed by atoms with Crippen LogP contribution < -0.4 is 9.64 Å². The highest BCUT2D eigenvalue weighted by Gasteiger charge is 2.36. The van der Waals surface area contributed by atoms with Gasteiger partial charge in [-0.1, -0.05) is 6.07 Å². The van der Waals surface area contributed by atoms with E-state index in [0.29, 0.717) is 5.92 Å². The third kappa shape index (κ3) is 3.64. The average Bonchev–Trinajstić information content (AvgIpc) is 3.24. The van der Waals surface area contributed by atoms with Crippen molar-refractivity contribution in [2.75, 3.05) is 12.0 Å². The van der Waals surface area contributed by atoms with Crippen LogP contribution in [0.3, 0.4) is 0 Å². The monoisotopic (exact) mass is 398 g/mol. The van der Waals surface area contributed by atoms with Gasteiger partial charge in [0.05, 0.1) is 17.7 Å². The molecule has 1 aromatic carbocycles. The minimum atomic E-state index is 0.0392. The molecule has 1 unspecified atom stereocenters. The fourth-order valence-corrected chi connectivity index (χ4v) is 5.08. The van der Waals surface area contributed by atoms with Crippen LogP contribution in [0.2, 0.25) is 0 Å². The van der Waals surface area contributed by atoms with Gasteiger partial charge in [0.2, 0.25) is 0 Å². The second-order valence-corrected chi connectivity index (χ2v) is 8.81. The molecule has 1 fully saturated rings. The van der Waals surface area contributed by atoms with E-state index in [9.17, 15) is 4.79 Å². The van der Waals surface area contributed by atoms with Gasteiger partial charge in [0.1, 0.15) is 15.6 Å². The second-order valence-electron chi connectivity index (χ2n) is 6.86. The van der Waals surface area contributed by atoms with Gasteiger partial charge in [-0.25, -0.2) is 4.98 Å². The zero-order valence-corrected chi connectivity index (χ0v) is 17.3. The molecule has 0 aliphatic heterocycles. The minimum Gasteiger partial charge on any atom is -0.497 e. The maximum Gasteiger partial charge on any atom is 0.270 e. The summed E-state index contributed by atoms with van der Waals surface area (Å²) < 4.78 is 5.27. The van der Waals surface area contributed by atoms with E-state index < -0.39 is 0 Å². The summed E-state index contributed by atoms with van der Waals surface area (Å²) >= 11 is 3.14. The molecule has 6 heteroatoms. The topological polar surface area (TPSA) is 42.4 Å². The van der Waals surface area contributed by atoms with E-state index in [1.165, 1.54) is 24.2 Å². The van der Waals surface area contributed by atoms with Crippen molar-refractivity contribution < 1.29 is 9.53 Å². The van der Waals surface area contributed by atoms with Crippen molar-refractivity contribution in [2.24, 2.45) is 5.92 Å². The normalized spacial score (nSPS) is 14.8. The van der Waals surface area contributed by atoms with Crippen molar-refractivity contribution in [1.29, 1.82) is 0 Å². The van der Waals surface area contributed by atoms with Gasteiger partial charge in [0.25, 0.3) is 5.91 Å². The number of rotatable bonds is 6. The van der Waals surface area contributed by atoms with Crippen molar-refractivity contribution in [3.8, 4) is 15.6 Å². The third-order valence-electron chi connectivity index (χ3n) is 5.00. The van der Waals surface area contributed by atoms with Gasteiger partial charge < -0.3 is 9.64 Å². The molecule has 1 amide bonds. The van der Waals surface area contributed by atoms with Crippen molar-refractivity contribution in [2.45, 2.75) is 32.7 Å². The Morgan fingerprint density at radius 2 is 2.00 bits per heavy atom. The molecule has 4 nitrogen and oxygen atoms in total. The maximum absolute atomic E-state index is 13.5. The largest absolute Gasteiger partial charge is 0.497 e. The van der Waals surface area contributed by atoms with E-state index in [4.69, 9.17) is 4.74 Å². The number of carbonyl (C=O) groups is 1. The molecule has 0 spiro atoms. The lowest BCUT2D eigenvalue weighted by Crippen LogP contribution is -2.40. The molecule has 2 aromatic heterocycles. The van der Waals surface area contributed by atoms with E-state index in [1.807, 2.05) is 53.6 Å². The number of benzene rings is 1. The zero-order valence-electron chi connectivity index (χ0n) is 15.6. The van der Waals surface area contributed by atoms with E-state index >= 15 is 0 Å². The molecule has 1 saturated carbocycles. The summed E-state index contributed by atoms with van der Waals surface area (Å²) in [6, 6.07) is 12.0. The molecule has 4 rings (SSSR count). The summed E-state index contributed by atoms with van der Waals surface area (Å²) in [5.74, 6) is 1.40. The SMILES string of the molecule is COc1ccc(N(C(=O)c2sc(-c3cccs3)nc2C)C(C)C2CC2)cc1. The lowest BCUT2D eigenvalue weighted by atomic mass is 10.1. The molecule has 0 saturated heterocycles. The quantitative estimate of drug-likeness (QED) is 0.540. The van der Waals surface area contributed by atoms with Gasteiger partial charge in [-0.3, -0.25) is 4.79 Å². The first-order chi connectivity index (χ1) is 13.1. The van der Waals surface area contributed by atoms with Crippen LogP contribution in [0, 0.1) is 12.8 Å². The fraction of sp³-hybridized carbons (Fsp3) is 0.333. The van der Waals surface area contributed by atoms with Crippen LogP contribution in [0.15, 0.2) is 41.8 Å². The second kappa shape index (κ2) is 7.44. The van der Waals surface area contributed by atoms with E-state index in [0.717, 1.165) is 31.9 Å². The molecule has 140 valence electrons. The lowest BCUT2D eigenvalue weighted by molar-refractivity contribution is 0.0979. The van der Waals surface area contributed by atoms with Crippen molar-refractivity contribution >= 4 is 34.3 Å². The smallest absolute Gasteiger partial charge is 0.270 e. The van der Waals surface area contributed by atoms with Crippen LogP contribution in [0.25, 0.3) is 9.88 Å². The molecular weight excluding hydrogens is 376 g/mol. The minimum absolute atomic E-state index is 0.0392. The Kier molecular flexibility index (Phi) is 5.02. The third-order valence-corrected chi connectivity index (χ3v) is 7.19. The first kappa shape index (κ1) is 18.2.